The van der Waals surface area contributed by atoms with E-state index >= 15 is 0 Å². The number of benzene rings is 2. The van der Waals surface area contributed by atoms with Crippen LogP contribution in [0.3, 0.4) is 0 Å². The zero-order chi connectivity index (χ0) is 26.7. The number of rotatable bonds is 7. The summed E-state index contributed by atoms with van der Waals surface area (Å²) < 4.78 is 20.3. The quantitative estimate of drug-likeness (QED) is 0.457. The average Bonchev–Trinajstić information content (AvgIpc) is 2.88. The summed E-state index contributed by atoms with van der Waals surface area (Å²) in [5, 5.41) is 0.805. The fourth-order valence-corrected chi connectivity index (χ4v) is 4.70. The number of ether oxygens (including phenoxy) is 1. The minimum Gasteiger partial charge on any atom is -0.462 e. The van der Waals surface area contributed by atoms with Crippen LogP contribution in [0.5, 0.6) is 0 Å². The molecule has 1 aromatic heterocycles. The Labute approximate surface area is 215 Å². The number of aromatic nitrogens is 1. The number of aryl methyl sites for hydroxylation is 1. The summed E-state index contributed by atoms with van der Waals surface area (Å²) in [5.41, 5.74) is 2.38. The van der Waals surface area contributed by atoms with Gasteiger partial charge in [-0.25, -0.2) is 9.18 Å². The number of piperazine rings is 1. The SMILES string of the molecule is CCOC(=O)c1c(N2CCN(C(=O)c3ccc(F)cc3)CC2)c2cc(C)ccc2n(CCN(C)C)c1=O. The molecular weight excluding hydrogens is 475 g/mol. The first-order chi connectivity index (χ1) is 17.7. The van der Waals surface area contributed by atoms with Gasteiger partial charge in [-0.1, -0.05) is 11.6 Å². The molecule has 0 aliphatic carbocycles. The first-order valence-corrected chi connectivity index (χ1v) is 12.5. The number of hydrogen-bond acceptors (Lipinski definition) is 6. The van der Waals surface area contributed by atoms with Crippen LogP contribution in [-0.2, 0) is 11.3 Å². The minimum absolute atomic E-state index is 0.0250. The monoisotopic (exact) mass is 508 g/mol. The van der Waals surface area contributed by atoms with E-state index in [1.54, 1.807) is 16.4 Å². The van der Waals surface area contributed by atoms with E-state index in [0.29, 0.717) is 50.5 Å². The molecule has 2 aromatic carbocycles. The Kier molecular flexibility index (Phi) is 7.92. The van der Waals surface area contributed by atoms with Crippen molar-refractivity contribution >= 4 is 28.5 Å². The van der Waals surface area contributed by atoms with Crippen LogP contribution in [0.15, 0.2) is 47.3 Å². The van der Waals surface area contributed by atoms with E-state index in [1.807, 2.05) is 49.0 Å². The first kappa shape index (κ1) is 26.3. The minimum atomic E-state index is -0.644. The molecule has 0 atom stereocenters. The van der Waals surface area contributed by atoms with E-state index in [0.717, 1.165) is 16.5 Å². The predicted molar refractivity (Wildman–Crippen MR) is 142 cm³/mol. The van der Waals surface area contributed by atoms with Crippen molar-refractivity contribution < 1.29 is 18.7 Å². The average molecular weight is 509 g/mol. The molecule has 0 radical (unpaired) electrons. The highest BCUT2D eigenvalue weighted by Gasteiger charge is 2.30. The van der Waals surface area contributed by atoms with Gasteiger partial charge in [0.05, 0.1) is 17.8 Å². The van der Waals surface area contributed by atoms with Gasteiger partial charge >= 0.3 is 5.97 Å². The lowest BCUT2D eigenvalue weighted by Gasteiger charge is -2.37. The van der Waals surface area contributed by atoms with Crippen molar-refractivity contribution in [1.82, 2.24) is 14.4 Å². The largest absolute Gasteiger partial charge is 0.462 e. The number of halogens is 1. The van der Waals surface area contributed by atoms with Crippen LogP contribution in [0.25, 0.3) is 10.9 Å². The van der Waals surface area contributed by atoms with E-state index in [1.165, 1.54) is 24.3 Å². The molecule has 1 amide bonds. The summed E-state index contributed by atoms with van der Waals surface area (Å²) in [6.45, 7) is 6.57. The van der Waals surface area contributed by atoms with Crippen molar-refractivity contribution in [1.29, 1.82) is 0 Å². The fourth-order valence-electron chi connectivity index (χ4n) is 4.70. The smallest absolute Gasteiger partial charge is 0.345 e. The van der Waals surface area contributed by atoms with Gasteiger partial charge < -0.3 is 24.0 Å². The normalized spacial score (nSPS) is 13.9. The Morgan fingerprint density at radius 3 is 2.32 bits per heavy atom. The van der Waals surface area contributed by atoms with Gasteiger partial charge in [-0.2, -0.15) is 0 Å². The van der Waals surface area contributed by atoms with Crippen LogP contribution < -0.4 is 10.5 Å². The number of carbonyl (C=O) groups is 2. The van der Waals surface area contributed by atoms with E-state index in [2.05, 4.69) is 0 Å². The van der Waals surface area contributed by atoms with Crippen LogP contribution >= 0.6 is 0 Å². The highest BCUT2D eigenvalue weighted by Crippen LogP contribution is 2.31. The van der Waals surface area contributed by atoms with Gasteiger partial charge in [0.15, 0.2) is 0 Å². The lowest BCUT2D eigenvalue weighted by Crippen LogP contribution is -2.50. The fraction of sp³-hybridized carbons (Fsp3) is 0.393. The maximum Gasteiger partial charge on any atom is 0.345 e. The van der Waals surface area contributed by atoms with Gasteiger partial charge in [0.25, 0.3) is 11.5 Å². The van der Waals surface area contributed by atoms with Crippen LogP contribution in [-0.4, -0.2) is 79.7 Å². The van der Waals surface area contributed by atoms with E-state index in [9.17, 15) is 18.8 Å². The number of pyridine rings is 1. The van der Waals surface area contributed by atoms with Gasteiger partial charge in [-0.3, -0.25) is 9.59 Å². The van der Waals surface area contributed by atoms with E-state index in [4.69, 9.17) is 4.74 Å². The standard InChI is InChI=1S/C28H33FN4O4/c1-5-37-28(36)24-25(22-18-19(2)6-11-23(22)33(27(24)35)17-12-30(3)4)31-13-15-32(16-14-31)26(34)20-7-9-21(29)10-8-20/h6-11,18H,5,12-17H2,1-4H3. The predicted octanol–water partition coefficient (Wildman–Crippen LogP) is 3.15. The van der Waals surface area contributed by atoms with Crippen molar-refractivity contribution in [2.24, 2.45) is 0 Å². The first-order valence-electron chi connectivity index (χ1n) is 12.5. The third kappa shape index (κ3) is 5.51. The summed E-state index contributed by atoms with van der Waals surface area (Å²) in [4.78, 5) is 45.6. The Bertz CT molecular complexity index is 1360. The van der Waals surface area contributed by atoms with Crippen LogP contribution in [0.4, 0.5) is 10.1 Å². The molecule has 1 fully saturated rings. The van der Waals surface area contributed by atoms with Gasteiger partial charge in [0.2, 0.25) is 0 Å². The summed E-state index contributed by atoms with van der Waals surface area (Å²) in [6.07, 6.45) is 0. The molecule has 0 spiro atoms. The van der Waals surface area contributed by atoms with Gasteiger partial charge in [0.1, 0.15) is 11.4 Å². The molecule has 0 unspecified atom stereocenters. The molecule has 196 valence electrons. The topological polar surface area (TPSA) is 75.1 Å². The molecule has 1 saturated heterocycles. The second-order valence-corrected chi connectivity index (χ2v) is 9.51. The number of carbonyl (C=O) groups excluding carboxylic acids is 2. The zero-order valence-electron chi connectivity index (χ0n) is 21.8. The molecule has 0 saturated carbocycles. The third-order valence-corrected chi connectivity index (χ3v) is 6.62. The summed E-state index contributed by atoms with van der Waals surface area (Å²) >= 11 is 0. The molecular formula is C28H33FN4O4. The van der Waals surface area contributed by atoms with Crippen molar-refractivity contribution in [2.75, 3.05) is 58.3 Å². The molecule has 0 N–H and O–H groups in total. The van der Waals surface area contributed by atoms with Crippen molar-refractivity contribution in [2.45, 2.75) is 20.4 Å². The molecule has 1 aliphatic heterocycles. The molecule has 4 rings (SSSR count). The number of anilines is 1. The number of esters is 1. The molecule has 3 aromatic rings. The van der Waals surface area contributed by atoms with Crippen LogP contribution in [0, 0.1) is 12.7 Å². The Balaban J connectivity index is 1.75. The third-order valence-electron chi connectivity index (χ3n) is 6.62. The van der Waals surface area contributed by atoms with Crippen molar-refractivity contribution in [3.8, 4) is 0 Å². The summed E-state index contributed by atoms with van der Waals surface area (Å²) in [6, 6.07) is 11.4. The summed E-state index contributed by atoms with van der Waals surface area (Å²) in [5.74, 6) is -1.21. The Morgan fingerprint density at radius 1 is 1.03 bits per heavy atom. The highest BCUT2D eigenvalue weighted by atomic mass is 19.1. The van der Waals surface area contributed by atoms with Crippen molar-refractivity contribution in [3.05, 3.63) is 75.3 Å². The van der Waals surface area contributed by atoms with Gasteiger partial charge in [-0.15, -0.1) is 0 Å². The molecule has 8 nitrogen and oxygen atoms in total. The maximum absolute atomic E-state index is 13.8. The maximum atomic E-state index is 13.8. The Morgan fingerprint density at radius 2 is 1.70 bits per heavy atom. The van der Waals surface area contributed by atoms with Gasteiger partial charge in [-0.05, 0) is 64.3 Å². The van der Waals surface area contributed by atoms with E-state index < -0.39 is 11.8 Å². The van der Waals surface area contributed by atoms with Crippen molar-refractivity contribution in [3.63, 3.8) is 0 Å². The number of fused-ring (bicyclic) bond motifs is 1. The summed E-state index contributed by atoms with van der Waals surface area (Å²) in [7, 11) is 3.87. The Hall–Kier alpha value is -3.72. The second-order valence-electron chi connectivity index (χ2n) is 9.51. The molecule has 1 aliphatic rings. The van der Waals surface area contributed by atoms with Gasteiger partial charge in [0, 0.05) is 50.2 Å². The molecule has 2 heterocycles. The van der Waals surface area contributed by atoms with Crippen LogP contribution in [0.2, 0.25) is 0 Å². The lowest BCUT2D eigenvalue weighted by molar-refractivity contribution is 0.0523. The number of amides is 1. The number of nitrogens with zero attached hydrogens (tertiary/aromatic N) is 4. The van der Waals surface area contributed by atoms with Crippen LogP contribution in [0.1, 0.15) is 33.2 Å². The molecule has 37 heavy (non-hydrogen) atoms. The lowest BCUT2D eigenvalue weighted by atomic mass is 10.0. The van der Waals surface area contributed by atoms with E-state index in [-0.39, 0.29) is 23.6 Å². The molecule has 0 bridgehead atoms. The zero-order valence-corrected chi connectivity index (χ0v) is 21.8. The second kappa shape index (κ2) is 11.1. The number of hydrogen-bond donors (Lipinski definition) is 0. The molecule has 9 heteroatoms. The highest BCUT2D eigenvalue weighted by molar-refractivity contribution is 6.06. The number of likely N-dealkylation sites (N-methyl/N-ethyl adjacent to an activating group) is 1.